The first kappa shape index (κ1) is 15.7. The van der Waals surface area contributed by atoms with E-state index in [9.17, 15) is 4.79 Å². The Labute approximate surface area is 130 Å². The molecule has 1 aromatic heterocycles. The van der Waals surface area contributed by atoms with Crippen LogP contribution in [0.15, 0.2) is 35.7 Å². The Morgan fingerprint density at radius 2 is 1.95 bits per heavy atom. The second kappa shape index (κ2) is 6.87. The standard InChI is InChI=1S/C17H22N2OS/c1-11-8-9-21-17(11)13(3)18-12(2)15-6-5-7-16(10-15)19-14(4)20/h5-10,12-13,18H,1-4H3,(H,19,20). The van der Waals surface area contributed by atoms with Crippen LogP contribution >= 0.6 is 11.3 Å². The lowest BCUT2D eigenvalue weighted by atomic mass is 10.1. The van der Waals surface area contributed by atoms with Crippen LogP contribution in [0.4, 0.5) is 5.69 Å². The molecule has 0 aliphatic rings. The van der Waals surface area contributed by atoms with Crippen molar-refractivity contribution in [2.45, 2.75) is 39.8 Å². The zero-order valence-electron chi connectivity index (χ0n) is 12.9. The van der Waals surface area contributed by atoms with Crippen molar-refractivity contribution < 1.29 is 4.79 Å². The quantitative estimate of drug-likeness (QED) is 0.858. The van der Waals surface area contributed by atoms with Gasteiger partial charge in [0.25, 0.3) is 0 Å². The average Bonchev–Trinajstić information content (AvgIpc) is 2.84. The number of nitrogens with one attached hydrogen (secondary N) is 2. The number of rotatable bonds is 5. The van der Waals surface area contributed by atoms with E-state index in [0.717, 1.165) is 5.69 Å². The van der Waals surface area contributed by atoms with Crippen LogP contribution in [0.3, 0.4) is 0 Å². The van der Waals surface area contributed by atoms with Crippen LogP contribution < -0.4 is 10.6 Å². The van der Waals surface area contributed by atoms with Gasteiger partial charge in [0, 0.05) is 29.6 Å². The smallest absolute Gasteiger partial charge is 0.221 e. The molecule has 2 atom stereocenters. The van der Waals surface area contributed by atoms with Crippen molar-refractivity contribution in [1.29, 1.82) is 0 Å². The van der Waals surface area contributed by atoms with Crippen LogP contribution in [-0.4, -0.2) is 5.91 Å². The molecule has 2 unspecified atom stereocenters. The van der Waals surface area contributed by atoms with Crippen LogP contribution in [0.2, 0.25) is 0 Å². The Morgan fingerprint density at radius 3 is 2.57 bits per heavy atom. The van der Waals surface area contributed by atoms with Crippen LogP contribution in [0.25, 0.3) is 0 Å². The number of amides is 1. The molecule has 0 saturated heterocycles. The Hall–Kier alpha value is -1.65. The lowest BCUT2D eigenvalue weighted by Gasteiger charge is -2.21. The second-order valence-electron chi connectivity index (χ2n) is 5.38. The van der Waals surface area contributed by atoms with Gasteiger partial charge in [-0.3, -0.25) is 4.79 Å². The summed E-state index contributed by atoms with van der Waals surface area (Å²) in [5, 5.41) is 8.57. The van der Waals surface area contributed by atoms with Gasteiger partial charge in [0.15, 0.2) is 0 Å². The first-order chi connectivity index (χ1) is 9.97. The Kier molecular flexibility index (Phi) is 5.15. The first-order valence-electron chi connectivity index (χ1n) is 7.15. The molecule has 21 heavy (non-hydrogen) atoms. The van der Waals surface area contributed by atoms with E-state index in [0.29, 0.717) is 6.04 Å². The van der Waals surface area contributed by atoms with Crippen LogP contribution in [0, 0.1) is 6.92 Å². The van der Waals surface area contributed by atoms with E-state index in [-0.39, 0.29) is 11.9 Å². The molecule has 0 spiro atoms. The van der Waals surface area contributed by atoms with Crippen LogP contribution in [-0.2, 0) is 4.79 Å². The van der Waals surface area contributed by atoms with Crippen molar-refractivity contribution in [1.82, 2.24) is 5.32 Å². The third kappa shape index (κ3) is 4.16. The fraction of sp³-hybridized carbons (Fsp3) is 0.353. The van der Waals surface area contributed by atoms with Crippen molar-refractivity contribution in [3.8, 4) is 0 Å². The second-order valence-corrected chi connectivity index (χ2v) is 6.33. The minimum atomic E-state index is -0.0460. The molecule has 0 aliphatic heterocycles. The molecule has 112 valence electrons. The molecule has 4 heteroatoms. The van der Waals surface area contributed by atoms with Gasteiger partial charge in [-0.2, -0.15) is 0 Å². The average molecular weight is 302 g/mol. The van der Waals surface area contributed by atoms with Gasteiger partial charge in [-0.1, -0.05) is 12.1 Å². The Bertz CT molecular complexity index is 621. The molecule has 2 aromatic rings. The summed E-state index contributed by atoms with van der Waals surface area (Å²) in [6.45, 7) is 8.00. The maximum atomic E-state index is 11.1. The highest BCUT2D eigenvalue weighted by molar-refractivity contribution is 7.10. The fourth-order valence-electron chi connectivity index (χ4n) is 2.46. The minimum Gasteiger partial charge on any atom is -0.326 e. The third-order valence-electron chi connectivity index (χ3n) is 3.50. The molecular formula is C17H22N2OS. The van der Waals surface area contributed by atoms with Crippen molar-refractivity contribution in [3.05, 3.63) is 51.7 Å². The van der Waals surface area contributed by atoms with Gasteiger partial charge >= 0.3 is 0 Å². The van der Waals surface area contributed by atoms with Gasteiger partial charge in [-0.15, -0.1) is 11.3 Å². The SMILES string of the molecule is CC(=O)Nc1cccc(C(C)NC(C)c2sccc2C)c1. The number of anilines is 1. The topological polar surface area (TPSA) is 41.1 Å². The number of hydrogen-bond donors (Lipinski definition) is 2. The number of hydrogen-bond acceptors (Lipinski definition) is 3. The van der Waals surface area contributed by atoms with E-state index in [1.807, 2.05) is 18.2 Å². The molecule has 0 aliphatic carbocycles. The normalized spacial score (nSPS) is 13.7. The van der Waals surface area contributed by atoms with Crippen LogP contribution in [0.1, 0.15) is 48.9 Å². The summed E-state index contributed by atoms with van der Waals surface area (Å²) in [5.41, 5.74) is 3.34. The molecule has 1 aromatic carbocycles. The molecule has 1 heterocycles. The summed E-state index contributed by atoms with van der Waals surface area (Å²) in [7, 11) is 0. The number of aryl methyl sites for hydroxylation is 1. The van der Waals surface area contributed by atoms with Crippen molar-refractivity contribution in [3.63, 3.8) is 0 Å². The minimum absolute atomic E-state index is 0.0460. The van der Waals surface area contributed by atoms with E-state index in [1.54, 1.807) is 11.3 Å². The number of carbonyl (C=O) groups is 1. The fourth-order valence-corrected chi connectivity index (χ4v) is 3.41. The van der Waals surface area contributed by atoms with E-state index < -0.39 is 0 Å². The lowest BCUT2D eigenvalue weighted by molar-refractivity contribution is -0.114. The van der Waals surface area contributed by atoms with Crippen molar-refractivity contribution in [2.24, 2.45) is 0 Å². The van der Waals surface area contributed by atoms with E-state index in [2.05, 4.69) is 48.9 Å². The molecule has 3 nitrogen and oxygen atoms in total. The maximum absolute atomic E-state index is 11.1. The van der Waals surface area contributed by atoms with Gasteiger partial charge in [0.1, 0.15) is 0 Å². The van der Waals surface area contributed by atoms with Gasteiger partial charge in [-0.25, -0.2) is 0 Å². The number of thiophene rings is 1. The zero-order chi connectivity index (χ0) is 15.4. The first-order valence-corrected chi connectivity index (χ1v) is 8.03. The molecule has 1 amide bonds. The molecular weight excluding hydrogens is 280 g/mol. The summed E-state index contributed by atoms with van der Waals surface area (Å²) in [6, 6.07) is 10.7. The predicted molar refractivity (Wildman–Crippen MR) is 89.8 cm³/mol. The number of carbonyl (C=O) groups excluding carboxylic acids is 1. The molecule has 2 rings (SSSR count). The van der Waals surface area contributed by atoms with E-state index >= 15 is 0 Å². The molecule has 2 N–H and O–H groups in total. The molecule has 0 saturated carbocycles. The maximum Gasteiger partial charge on any atom is 0.221 e. The summed E-state index contributed by atoms with van der Waals surface area (Å²) < 4.78 is 0. The highest BCUT2D eigenvalue weighted by Crippen LogP contribution is 2.26. The monoisotopic (exact) mass is 302 g/mol. The highest BCUT2D eigenvalue weighted by Gasteiger charge is 2.14. The molecule has 0 fully saturated rings. The lowest BCUT2D eigenvalue weighted by Crippen LogP contribution is -2.22. The van der Waals surface area contributed by atoms with Crippen molar-refractivity contribution >= 4 is 22.9 Å². The number of benzene rings is 1. The largest absolute Gasteiger partial charge is 0.326 e. The van der Waals surface area contributed by atoms with E-state index in [4.69, 9.17) is 0 Å². The van der Waals surface area contributed by atoms with Gasteiger partial charge < -0.3 is 10.6 Å². The Morgan fingerprint density at radius 1 is 1.19 bits per heavy atom. The van der Waals surface area contributed by atoms with Gasteiger partial charge in [0.2, 0.25) is 5.91 Å². The molecule has 0 radical (unpaired) electrons. The van der Waals surface area contributed by atoms with Gasteiger partial charge in [0.05, 0.1) is 0 Å². The summed E-state index contributed by atoms with van der Waals surface area (Å²) in [6.07, 6.45) is 0. The van der Waals surface area contributed by atoms with Gasteiger partial charge in [-0.05, 0) is 55.5 Å². The summed E-state index contributed by atoms with van der Waals surface area (Å²) in [4.78, 5) is 12.5. The van der Waals surface area contributed by atoms with Crippen molar-refractivity contribution in [2.75, 3.05) is 5.32 Å². The summed E-state index contributed by atoms with van der Waals surface area (Å²) >= 11 is 1.79. The van der Waals surface area contributed by atoms with Crippen LogP contribution in [0.5, 0.6) is 0 Å². The third-order valence-corrected chi connectivity index (χ3v) is 4.70. The van der Waals surface area contributed by atoms with E-state index in [1.165, 1.54) is 22.9 Å². The highest BCUT2D eigenvalue weighted by atomic mass is 32.1. The predicted octanol–water partition coefficient (Wildman–Crippen LogP) is 4.43. The zero-order valence-corrected chi connectivity index (χ0v) is 13.8. The summed E-state index contributed by atoms with van der Waals surface area (Å²) in [5.74, 6) is -0.0460. The molecule has 0 bridgehead atoms. The Balaban J connectivity index is 2.08.